The minimum Gasteiger partial charge on any atom is -0.386 e. The summed E-state index contributed by atoms with van der Waals surface area (Å²) in [6.45, 7) is 5.91. The highest BCUT2D eigenvalue weighted by atomic mass is 16.3. The number of rotatable bonds is 6. The number of amides is 1. The van der Waals surface area contributed by atoms with Crippen molar-refractivity contribution in [2.75, 3.05) is 7.05 Å². The van der Waals surface area contributed by atoms with E-state index in [4.69, 9.17) is 5.73 Å². The van der Waals surface area contributed by atoms with Crippen LogP contribution in [-0.2, 0) is 4.79 Å². The zero-order valence-corrected chi connectivity index (χ0v) is 12.8. The first-order valence-corrected chi connectivity index (χ1v) is 7.09. The van der Waals surface area contributed by atoms with Gasteiger partial charge < -0.3 is 15.7 Å². The number of carbonyl (C=O) groups excluding carboxylic acids is 1. The smallest absolute Gasteiger partial charge is 0.239 e. The molecule has 112 valence electrons. The van der Waals surface area contributed by atoms with Gasteiger partial charge in [-0.15, -0.1) is 0 Å². The maximum atomic E-state index is 12.2. The van der Waals surface area contributed by atoms with Crippen LogP contribution in [0.2, 0.25) is 0 Å². The Bertz CT molecular complexity index is 420. The van der Waals surface area contributed by atoms with Crippen LogP contribution in [-0.4, -0.2) is 35.0 Å². The van der Waals surface area contributed by atoms with Crippen molar-refractivity contribution in [3.05, 3.63) is 35.9 Å². The van der Waals surface area contributed by atoms with Gasteiger partial charge in [0.2, 0.25) is 5.91 Å². The Morgan fingerprint density at radius 2 is 1.80 bits per heavy atom. The molecule has 0 radical (unpaired) electrons. The quantitative estimate of drug-likeness (QED) is 0.835. The molecule has 0 aliphatic rings. The van der Waals surface area contributed by atoms with E-state index in [1.54, 1.807) is 11.9 Å². The molecule has 0 aliphatic heterocycles. The Labute approximate surface area is 121 Å². The number of hydrogen-bond acceptors (Lipinski definition) is 3. The van der Waals surface area contributed by atoms with Gasteiger partial charge in [-0.1, -0.05) is 44.2 Å². The van der Waals surface area contributed by atoms with Crippen molar-refractivity contribution in [2.45, 2.75) is 45.4 Å². The molecule has 20 heavy (non-hydrogen) atoms. The first-order valence-electron chi connectivity index (χ1n) is 7.09. The lowest BCUT2D eigenvalue weighted by Crippen LogP contribution is -2.47. The largest absolute Gasteiger partial charge is 0.386 e. The van der Waals surface area contributed by atoms with Gasteiger partial charge in [-0.05, 0) is 24.8 Å². The number of benzene rings is 1. The third kappa shape index (κ3) is 4.32. The summed E-state index contributed by atoms with van der Waals surface area (Å²) in [6, 6.07) is 8.53. The van der Waals surface area contributed by atoms with Gasteiger partial charge in [0.15, 0.2) is 0 Å². The predicted octanol–water partition coefficient (Wildman–Crippen LogP) is 1.94. The number of aliphatic hydroxyl groups is 1. The van der Waals surface area contributed by atoms with Gasteiger partial charge in [0, 0.05) is 7.05 Å². The van der Waals surface area contributed by atoms with Gasteiger partial charge in [0.25, 0.3) is 0 Å². The van der Waals surface area contributed by atoms with Gasteiger partial charge in [-0.3, -0.25) is 4.79 Å². The fourth-order valence-electron chi connectivity index (χ4n) is 2.21. The second-order valence-electron chi connectivity index (χ2n) is 5.78. The van der Waals surface area contributed by atoms with Crippen molar-refractivity contribution >= 4 is 5.91 Å². The molecule has 1 aromatic carbocycles. The summed E-state index contributed by atoms with van der Waals surface area (Å²) in [5, 5.41) is 10.3. The first kappa shape index (κ1) is 16.7. The molecule has 0 fully saturated rings. The van der Waals surface area contributed by atoms with Gasteiger partial charge >= 0.3 is 0 Å². The summed E-state index contributed by atoms with van der Waals surface area (Å²) in [5.41, 5.74) is 6.73. The van der Waals surface area contributed by atoms with Crippen LogP contribution in [0.5, 0.6) is 0 Å². The summed E-state index contributed by atoms with van der Waals surface area (Å²) >= 11 is 0. The molecule has 0 saturated carbocycles. The van der Waals surface area contributed by atoms with Crippen molar-refractivity contribution in [3.8, 4) is 0 Å². The molecule has 1 aromatic rings. The number of hydrogen-bond donors (Lipinski definition) is 2. The summed E-state index contributed by atoms with van der Waals surface area (Å²) in [5.74, 6) is 0.248. The molecule has 0 unspecified atom stereocenters. The molecule has 0 saturated heterocycles. The molecule has 4 heteroatoms. The Morgan fingerprint density at radius 1 is 1.25 bits per heavy atom. The van der Waals surface area contributed by atoms with Gasteiger partial charge in [-0.25, -0.2) is 0 Å². The third-order valence-corrected chi connectivity index (χ3v) is 3.60. The van der Waals surface area contributed by atoms with Crippen molar-refractivity contribution < 1.29 is 9.90 Å². The second kappa shape index (κ2) is 7.41. The molecule has 3 atom stereocenters. The van der Waals surface area contributed by atoms with Crippen LogP contribution in [0.3, 0.4) is 0 Å². The maximum absolute atomic E-state index is 12.2. The van der Waals surface area contributed by atoms with Crippen molar-refractivity contribution in [1.29, 1.82) is 0 Å². The van der Waals surface area contributed by atoms with Crippen LogP contribution in [0, 0.1) is 5.92 Å². The predicted molar refractivity (Wildman–Crippen MR) is 81.1 cm³/mol. The SMILES string of the molecule is CC(C)C[C@H](N)C(=O)N(C)[C@H](C)[C@H](O)c1ccccc1. The Morgan fingerprint density at radius 3 is 2.30 bits per heavy atom. The van der Waals surface area contributed by atoms with Crippen LogP contribution in [0.25, 0.3) is 0 Å². The third-order valence-electron chi connectivity index (χ3n) is 3.60. The lowest BCUT2D eigenvalue weighted by atomic mass is 10.00. The standard InChI is InChI=1S/C16H26N2O2/c1-11(2)10-14(17)16(20)18(4)12(3)15(19)13-8-6-5-7-9-13/h5-9,11-12,14-15,19H,10,17H2,1-4H3/t12-,14+,15+/m1/s1. The van der Waals surface area contributed by atoms with Gasteiger partial charge in [0.1, 0.15) is 0 Å². The van der Waals surface area contributed by atoms with E-state index in [9.17, 15) is 9.90 Å². The first-order chi connectivity index (χ1) is 9.34. The zero-order chi connectivity index (χ0) is 15.3. The molecule has 4 nitrogen and oxygen atoms in total. The topological polar surface area (TPSA) is 66.6 Å². The number of nitrogens with two attached hydrogens (primary N) is 1. The monoisotopic (exact) mass is 278 g/mol. The summed E-state index contributed by atoms with van der Waals surface area (Å²) in [4.78, 5) is 13.8. The maximum Gasteiger partial charge on any atom is 0.239 e. The Kier molecular flexibility index (Phi) is 6.17. The molecule has 0 bridgehead atoms. The second-order valence-corrected chi connectivity index (χ2v) is 5.78. The average molecular weight is 278 g/mol. The van der Waals surface area contributed by atoms with Crippen molar-refractivity contribution in [1.82, 2.24) is 4.90 Å². The van der Waals surface area contributed by atoms with Crippen molar-refractivity contribution in [3.63, 3.8) is 0 Å². The highest BCUT2D eigenvalue weighted by Crippen LogP contribution is 2.20. The van der Waals surface area contributed by atoms with E-state index in [2.05, 4.69) is 0 Å². The van der Waals surface area contributed by atoms with Gasteiger partial charge in [0.05, 0.1) is 18.2 Å². The molecular weight excluding hydrogens is 252 g/mol. The molecule has 0 aliphatic carbocycles. The molecule has 1 rings (SSSR count). The number of likely N-dealkylation sites (N-methyl/N-ethyl adjacent to an activating group) is 1. The van der Waals surface area contributed by atoms with Crippen molar-refractivity contribution in [2.24, 2.45) is 11.7 Å². The summed E-state index contributed by atoms with van der Waals surface area (Å²) < 4.78 is 0. The fraction of sp³-hybridized carbons (Fsp3) is 0.562. The van der Waals surface area contributed by atoms with E-state index in [0.29, 0.717) is 12.3 Å². The Hall–Kier alpha value is -1.39. The normalized spacial score (nSPS) is 15.8. The molecule has 0 aromatic heterocycles. The molecular formula is C16H26N2O2. The summed E-state index contributed by atoms with van der Waals surface area (Å²) in [7, 11) is 1.69. The number of carbonyl (C=O) groups is 1. The van der Waals surface area contributed by atoms with E-state index < -0.39 is 12.1 Å². The van der Waals surface area contributed by atoms with E-state index in [1.165, 1.54) is 0 Å². The highest BCUT2D eigenvalue weighted by molar-refractivity contribution is 5.81. The van der Waals surface area contributed by atoms with Crippen LogP contribution < -0.4 is 5.73 Å². The number of aliphatic hydroxyl groups excluding tert-OH is 1. The minimum atomic E-state index is -0.712. The fourth-order valence-corrected chi connectivity index (χ4v) is 2.21. The van der Waals surface area contributed by atoms with E-state index in [-0.39, 0.29) is 11.9 Å². The zero-order valence-electron chi connectivity index (χ0n) is 12.8. The van der Waals surface area contributed by atoms with Crippen LogP contribution >= 0.6 is 0 Å². The van der Waals surface area contributed by atoms with E-state index >= 15 is 0 Å². The van der Waals surface area contributed by atoms with E-state index in [1.807, 2.05) is 51.1 Å². The molecule has 3 N–H and O–H groups in total. The summed E-state index contributed by atoms with van der Waals surface area (Å²) in [6.07, 6.45) is -0.0615. The molecule has 0 spiro atoms. The van der Waals surface area contributed by atoms with Crippen LogP contribution in [0.1, 0.15) is 38.9 Å². The average Bonchev–Trinajstić information content (AvgIpc) is 2.44. The van der Waals surface area contributed by atoms with Gasteiger partial charge in [-0.2, -0.15) is 0 Å². The van der Waals surface area contributed by atoms with E-state index in [0.717, 1.165) is 5.56 Å². The Balaban J connectivity index is 2.71. The molecule has 0 heterocycles. The lowest BCUT2D eigenvalue weighted by Gasteiger charge is -2.31. The van der Waals surface area contributed by atoms with Crippen LogP contribution in [0.4, 0.5) is 0 Å². The molecule has 1 amide bonds. The highest BCUT2D eigenvalue weighted by Gasteiger charge is 2.27. The van der Waals surface area contributed by atoms with Crippen LogP contribution in [0.15, 0.2) is 30.3 Å². The number of nitrogens with zero attached hydrogens (tertiary/aromatic N) is 1. The minimum absolute atomic E-state index is 0.124. The lowest BCUT2D eigenvalue weighted by molar-refractivity contribution is -0.135.